The van der Waals surface area contributed by atoms with Crippen molar-refractivity contribution in [2.24, 2.45) is 0 Å². The van der Waals surface area contributed by atoms with Crippen molar-refractivity contribution >= 4 is 17.8 Å². The van der Waals surface area contributed by atoms with Crippen molar-refractivity contribution in [3.63, 3.8) is 0 Å². The first-order valence-electron chi connectivity index (χ1n) is 9.33. The van der Waals surface area contributed by atoms with Gasteiger partial charge in [-0.1, -0.05) is 19.3 Å². The molecule has 0 aliphatic heterocycles. The zero-order valence-electron chi connectivity index (χ0n) is 15.1. The van der Waals surface area contributed by atoms with Gasteiger partial charge < -0.3 is 15.3 Å². The Bertz CT molecular complexity index is 676. The molecule has 2 N–H and O–H groups in total. The number of carboxylic acid groups (broad SMARTS) is 1. The van der Waals surface area contributed by atoms with Crippen LogP contribution in [-0.4, -0.2) is 55.7 Å². The molecule has 8 nitrogen and oxygen atoms in total. The minimum atomic E-state index is -1.02. The van der Waals surface area contributed by atoms with E-state index < -0.39 is 12.0 Å². The monoisotopic (exact) mass is 362 g/mol. The maximum absolute atomic E-state index is 12.7. The van der Waals surface area contributed by atoms with Crippen molar-refractivity contribution < 1.29 is 19.5 Å². The Morgan fingerprint density at radius 2 is 1.96 bits per heavy atom. The van der Waals surface area contributed by atoms with E-state index in [4.69, 9.17) is 0 Å². The molecule has 0 radical (unpaired) electrons. The first-order chi connectivity index (χ1) is 12.5. The van der Waals surface area contributed by atoms with Crippen LogP contribution in [0.25, 0.3) is 0 Å². The van der Waals surface area contributed by atoms with Gasteiger partial charge in [0, 0.05) is 18.3 Å². The van der Waals surface area contributed by atoms with Crippen LogP contribution >= 0.6 is 0 Å². The Labute approximate surface area is 152 Å². The van der Waals surface area contributed by atoms with E-state index in [9.17, 15) is 19.5 Å². The number of hydrogen-bond donors (Lipinski definition) is 2. The number of carbonyl (C=O) groups excluding carboxylic acids is 2. The average molecular weight is 362 g/mol. The first-order valence-corrected chi connectivity index (χ1v) is 9.33. The summed E-state index contributed by atoms with van der Waals surface area (Å²) in [6.07, 6.45) is 10.1. The zero-order valence-corrected chi connectivity index (χ0v) is 15.1. The van der Waals surface area contributed by atoms with E-state index in [1.165, 1.54) is 35.3 Å². The summed E-state index contributed by atoms with van der Waals surface area (Å²) in [5.41, 5.74) is 0.315. The van der Waals surface area contributed by atoms with E-state index in [-0.39, 0.29) is 30.4 Å². The summed E-state index contributed by atoms with van der Waals surface area (Å²) in [6.45, 7) is 1.57. The third kappa shape index (κ3) is 4.42. The summed E-state index contributed by atoms with van der Waals surface area (Å²) in [5.74, 6) is -1.48. The second kappa shape index (κ2) is 7.88. The largest absolute Gasteiger partial charge is 0.480 e. The van der Waals surface area contributed by atoms with Gasteiger partial charge in [-0.05, 0) is 32.6 Å². The van der Waals surface area contributed by atoms with E-state index in [0.29, 0.717) is 5.56 Å². The van der Waals surface area contributed by atoms with Crippen LogP contribution in [0.2, 0.25) is 0 Å². The molecule has 1 heterocycles. The molecule has 2 amide bonds. The van der Waals surface area contributed by atoms with Crippen LogP contribution in [-0.2, 0) is 16.1 Å². The summed E-state index contributed by atoms with van der Waals surface area (Å²) in [6, 6.07) is -0.672. The maximum atomic E-state index is 12.7. The number of nitrogens with zero attached hydrogens (tertiary/aromatic N) is 3. The molecule has 1 aromatic heterocycles. The quantitative estimate of drug-likeness (QED) is 0.763. The van der Waals surface area contributed by atoms with Crippen molar-refractivity contribution in [2.45, 2.75) is 76.5 Å². The normalized spacial score (nSPS) is 19.0. The van der Waals surface area contributed by atoms with Gasteiger partial charge in [-0.15, -0.1) is 0 Å². The molecule has 3 rings (SSSR count). The lowest BCUT2D eigenvalue weighted by Crippen LogP contribution is -2.44. The molecule has 2 aliphatic carbocycles. The summed E-state index contributed by atoms with van der Waals surface area (Å²) < 4.78 is 1.43. The highest BCUT2D eigenvalue weighted by molar-refractivity contribution is 5.96. The molecule has 2 saturated carbocycles. The highest BCUT2D eigenvalue weighted by Gasteiger charge is 2.39. The van der Waals surface area contributed by atoms with Crippen LogP contribution in [0.5, 0.6) is 0 Å². The van der Waals surface area contributed by atoms with Crippen LogP contribution in [0, 0.1) is 0 Å². The predicted molar refractivity (Wildman–Crippen MR) is 93.5 cm³/mol. The lowest BCUT2D eigenvalue weighted by molar-refractivity contribution is -0.141. The molecule has 1 atom stereocenters. The van der Waals surface area contributed by atoms with Gasteiger partial charge in [0.1, 0.15) is 12.6 Å². The second-order valence-electron chi connectivity index (χ2n) is 7.29. The van der Waals surface area contributed by atoms with Gasteiger partial charge in [-0.2, -0.15) is 5.10 Å². The molecule has 142 valence electrons. The Kier molecular flexibility index (Phi) is 5.58. The number of carboxylic acids is 1. The van der Waals surface area contributed by atoms with Crippen LogP contribution in [0.3, 0.4) is 0 Å². The van der Waals surface area contributed by atoms with Gasteiger partial charge in [-0.25, -0.2) is 4.79 Å². The molecule has 2 fully saturated rings. The van der Waals surface area contributed by atoms with Crippen molar-refractivity contribution in [3.05, 3.63) is 18.0 Å². The molecule has 1 unspecified atom stereocenters. The van der Waals surface area contributed by atoms with Crippen LogP contribution in [0.15, 0.2) is 12.4 Å². The standard InChI is InChI=1S/C18H26N4O4/c1-12(18(25)26)22(15-7-8-15)17(24)13-9-19-21(10-13)11-16(23)20-14-5-3-2-4-6-14/h9-10,12,14-15H,2-8,11H2,1H3,(H,20,23)(H,25,26). The number of hydrogen-bond acceptors (Lipinski definition) is 4. The summed E-state index contributed by atoms with van der Waals surface area (Å²) in [7, 11) is 0. The summed E-state index contributed by atoms with van der Waals surface area (Å²) in [4.78, 5) is 37.6. The van der Waals surface area contributed by atoms with Gasteiger partial charge in [0.25, 0.3) is 5.91 Å². The number of rotatable bonds is 7. The van der Waals surface area contributed by atoms with Gasteiger partial charge in [0.2, 0.25) is 5.91 Å². The Morgan fingerprint density at radius 1 is 1.27 bits per heavy atom. The van der Waals surface area contributed by atoms with E-state index in [0.717, 1.165) is 38.5 Å². The fourth-order valence-corrected chi connectivity index (χ4v) is 3.51. The molecule has 0 bridgehead atoms. The highest BCUT2D eigenvalue weighted by Crippen LogP contribution is 2.30. The summed E-state index contributed by atoms with van der Waals surface area (Å²) in [5, 5.41) is 16.4. The second-order valence-corrected chi connectivity index (χ2v) is 7.29. The number of amides is 2. The van der Waals surface area contributed by atoms with E-state index >= 15 is 0 Å². The number of aromatic nitrogens is 2. The number of aliphatic carboxylic acids is 1. The topological polar surface area (TPSA) is 105 Å². The number of nitrogens with one attached hydrogen (secondary N) is 1. The average Bonchev–Trinajstić information content (AvgIpc) is 3.33. The Morgan fingerprint density at radius 3 is 2.58 bits per heavy atom. The van der Waals surface area contributed by atoms with E-state index in [1.807, 2.05) is 0 Å². The van der Waals surface area contributed by atoms with Crippen LogP contribution < -0.4 is 5.32 Å². The van der Waals surface area contributed by atoms with Crippen molar-refractivity contribution in [3.8, 4) is 0 Å². The molecule has 1 aromatic rings. The molecule has 0 aromatic carbocycles. The molecule has 0 spiro atoms. The number of carbonyl (C=O) groups is 3. The van der Waals surface area contributed by atoms with Crippen LogP contribution in [0.4, 0.5) is 0 Å². The SMILES string of the molecule is CC(C(=O)O)N(C(=O)c1cnn(CC(=O)NC2CCCCC2)c1)C1CC1. The lowest BCUT2D eigenvalue weighted by Gasteiger charge is -2.25. The summed E-state index contributed by atoms with van der Waals surface area (Å²) >= 11 is 0. The Hall–Kier alpha value is -2.38. The fraction of sp³-hybridized carbons (Fsp3) is 0.667. The van der Waals surface area contributed by atoms with Gasteiger partial charge in [-0.3, -0.25) is 14.3 Å². The minimum absolute atomic E-state index is 0.0217. The fourth-order valence-electron chi connectivity index (χ4n) is 3.51. The van der Waals surface area contributed by atoms with Crippen molar-refractivity contribution in [2.75, 3.05) is 0 Å². The maximum Gasteiger partial charge on any atom is 0.326 e. The molecule has 0 saturated heterocycles. The molecule has 2 aliphatic rings. The molecule has 26 heavy (non-hydrogen) atoms. The van der Waals surface area contributed by atoms with E-state index in [1.54, 1.807) is 0 Å². The van der Waals surface area contributed by atoms with Crippen molar-refractivity contribution in [1.82, 2.24) is 20.0 Å². The minimum Gasteiger partial charge on any atom is -0.480 e. The predicted octanol–water partition coefficient (Wildman–Crippen LogP) is 1.41. The van der Waals surface area contributed by atoms with Crippen LogP contribution in [0.1, 0.15) is 62.2 Å². The highest BCUT2D eigenvalue weighted by atomic mass is 16.4. The molecular formula is C18H26N4O4. The van der Waals surface area contributed by atoms with E-state index in [2.05, 4.69) is 10.4 Å². The molecule has 8 heteroatoms. The van der Waals surface area contributed by atoms with Gasteiger partial charge >= 0.3 is 5.97 Å². The molecular weight excluding hydrogens is 336 g/mol. The third-order valence-corrected chi connectivity index (χ3v) is 5.11. The lowest BCUT2D eigenvalue weighted by atomic mass is 9.95. The van der Waals surface area contributed by atoms with Gasteiger partial charge in [0.15, 0.2) is 0 Å². The van der Waals surface area contributed by atoms with Crippen molar-refractivity contribution in [1.29, 1.82) is 0 Å². The third-order valence-electron chi connectivity index (χ3n) is 5.11. The zero-order chi connectivity index (χ0) is 18.7. The van der Waals surface area contributed by atoms with Gasteiger partial charge in [0.05, 0.1) is 11.8 Å². The Balaban J connectivity index is 1.60. The first kappa shape index (κ1) is 18.4. The smallest absolute Gasteiger partial charge is 0.326 e.